The van der Waals surface area contributed by atoms with Gasteiger partial charge in [-0.2, -0.15) is 0 Å². The molecule has 0 N–H and O–H groups in total. The second-order valence-electron chi connectivity index (χ2n) is 11.1. The zero-order chi connectivity index (χ0) is 24.3. The molecule has 1 saturated carbocycles. The van der Waals surface area contributed by atoms with E-state index < -0.39 is 0 Å². The summed E-state index contributed by atoms with van der Waals surface area (Å²) in [7, 11) is 0. The predicted molar refractivity (Wildman–Crippen MR) is 148 cm³/mol. The molecule has 0 radical (unpaired) electrons. The Kier molecular flexibility index (Phi) is 10.7. The Morgan fingerprint density at radius 3 is 1.83 bits per heavy atom. The van der Waals surface area contributed by atoms with Gasteiger partial charge in [0.25, 0.3) is 0 Å². The summed E-state index contributed by atoms with van der Waals surface area (Å²) < 4.78 is 12.3. The van der Waals surface area contributed by atoms with Crippen LogP contribution in [0.5, 0.6) is 0 Å². The van der Waals surface area contributed by atoms with Crippen LogP contribution in [0.3, 0.4) is 0 Å². The first-order valence-corrected chi connectivity index (χ1v) is 14.7. The lowest BCUT2D eigenvalue weighted by molar-refractivity contribution is -0.137. The minimum atomic E-state index is 0.0650. The van der Waals surface area contributed by atoms with Crippen molar-refractivity contribution >= 4 is 0 Å². The van der Waals surface area contributed by atoms with Crippen LogP contribution >= 0.6 is 0 Å². The van der Waals surface area contributed by atoms with Gasteiger partial charge in [0.2, 0.25) is 0 Å². The smallest absolute Gasteiger partial charge is 0.106 e. The zero-order valence-electron chi connectivity index (χ0n) is 22.4. The Labute approximate surface area is 214 Å². The first-order valence-electron chi connectivity index (χ1n) is 14.7. The molecule has 2 fully saturated rings. The summed E-state index contributed by atoms with van der Waals surface area (Å²) in [6.07, 6.45) is 17.8. The summed E-state index contributed by atoms with van der Waals surface area (Å²) in [4.78, 5) is 0. The molecule has 0 bridgehead atoms. The van der Waals surface area contributed by atoms with Gasteiger partial charge in [-0.15, -0.1) is 0 Å². The molecule has 1 saturated heterocycles. The molecule has 4 rings (SSSR count). The van der Waals surface area contributed by atoms with Crippen molar-refractivity contribution in [2.24, 2.45) is 5.92 Å². The van der Waals surface area contributed by atoms with E-state index in [9.17, 15) is 0 Å². The highest BCUT2D eigenvalue weighted by atomic mass is 16.6. The largest absolute Gasteiger partial charge is 0.373 e. The fraction of sp³-hybridized carbons (Fsp3) is 0.636. The molecule has 0 aromatic heterocycles. The standard InChI is InChI=1S/C33H48O2/c1-3-5-7-8-9-11-32-24-35-33(25-34-32)31-22-20-30(21-23-31)29-18-16-28(17-19-29)27-14-12-26(13-15-27)10-6-4-2/h16-23,26-27,32-33H,3-15,24-25H2,1-2H3/t26-,27-,32-,33-/m0/s1. The van der Waals surface area contributed by atoms with Gasteiger partial charge in [0.15, 0.2) is 0 Å². The van der Waals surface area contributed by atoms with Crippen LogP contribution < -0.4 is 0 Å². The van der Waals surface area contributed by atoms with Crippen LogP contribution in [0.15, 0.2) is 48.5 Å². The summed E-state index contributed by atoms with van der Waals surface area (Å²) in [5.41, 5.74) is 5.35. The molecule has 2 atom stereocenters. The number of hydrogen-bond donors (Lipinski definition) is 0. The van der Waals surface area contributed by atoms with Crippen LogP contribution in [-0.4, -0.2) is 19.3 Å². The van der Waals surface area contributed by atoms with Gasteiger partial charge in [-0.3, -0.25) is 0 Å². The molecular formula is C33H48O2. The van der Waals surface area contributed by atoms with Crippen molar-refractivity contribution in [3.63, 3.8) is 0 Å². The maximum absolute atomic E-state index is 6.19. The molecule has 1 heterocycles. The number of hydrogen-bond acceptors (Lipinski definition) is 2. The van der Waals surface area contributed by atoms with Crippen LogP contribution in [-0.2, 0) is 9.47 Å². The molecule has 1 aliphatic carbocycles. The number of rotatable bonds is 12. The van der Waals surface area contributed by atoms with E-state index in [1.807, 2.05) is 0 Å². The number of benzene rings is 2. The van der Waals surface area contributed by atoms with Crippen molar-refractivity contribution in [1.29, 1.82) is 0 Å². The first-order chi connectivity index (χ1) is 17.3. The van der Waals surface area contributed by atoms with Crippen molar-refractivity contribution < 1.29 is 9.47 Å². The monoisotopic (exact) mass is 476 g/mol. The lowest BCUT2D eigenvalue weighted by atomic mass is 9.77. The third-order valence-electron chi connectivity index (χ3n) is 8.41. The van der Waals surface area contributed by atoms with Gasteiger partial charge in [0.05, 0.1) is 19.3 Å². The molecule has 35 heavy (non-hydrogen) atoms. The maximum Gasteiger partial charge on any atom is 0.106 e. The van der Waals surface area contributed by atoms with Crippen LogP contribution in [0, 0.1) is 5.92 Å². The number of ether oxygens (including phenoxy) is 2. The summed E-state index contributed by atoms with van der Waals surface area (Å²) in [6, 6.07) is 18.3. The normalized spacial score (nSPS) is 25.0. The molecule has 1 aliphatic heterocycles. The SMILES string of the molecule is CCCCCCC[C@H]1CO[C@H](c2ccc(-c3ccc([C@H]4CC[C@H](CCCC)CC4)cc3)cc2)CO1. The Morgan fingerprint density at radius 2 is 1.23 bits per heavy atom. The summed E-state index contributed by atoms with van der Waals surface area (Å²) in [6.45, 7) is 5.97. The van der Waals surface area contributed by atoms with Gasteiger partial charge in [0.1, 0.15) is 6.10 Å². The molecule has 0 spiro atoms. The Balaban J connectivity index is 1.23. The van der Waals surface area contributed by atoms with E-state index in [0.717, 1.165) is 24.9 Å². The van der Waals surface area contributed by atoms with Crippen molar-refractivity contribution in [2.75, 3.05) is 13.2 Å². The molecule has 0 amide bonds. The quantitative estimate of drug-likeness (QED) is 0.284. The highest BCUT2D eigenvalue weighted by molar-refractivity contribution is 5.64. The zero-order valence-corrected chi connectivity index (χ0v) is 22.4. The first kappa shape index (κ1) is 26.4. The predicted octanol–water partition coefficient (Wildman–Crippen LogP) is 9.63. The van der Waals surface area contributed by atoms with E-state index in [2.05, 4.69) is 62.4 Å². The third-order valence-corrected chi connectivity index (χ3v) is 8.41. The lowest BCUT2D eigenvalue weighted by Crippen LogP contribution is -2.31. The fourth-order valence-electron chi connectivity index (χ4n) is 5.99. The Hall–Kier alpha value is -1.64. The molecule has 2 aliphatic rings. The number of unbranched alkanes of at least 4 members (excludes halogenated alkanes) is 5. The molecule has 2 heteroatoms. The summed E-state index contributed by atoms with van der Waals surface area (Å²) >= 11 is 0. The minimum Gasteiger partial charge on any atom is -0.373 e. The van der Waals surface area contributed by atoms with Gasteiger partial charge in [0, 0.05) is 0 Å². The van der Waals surface area contributed by atoms with Crippen LogP contribution in [0.1, 0.15) is 120 Å². The van der Waals surface area contributed by atoms with E-state index in [1.165, 1.54) is 99.3 Å². The minimum absolute atomic E-state index is 0.0650. The third kappa shape index (κ3) is 7.92. The van der Waals surface area contributed by atoms with Gasteiger partial charge in [-0.25, -0.2) is 0 Å². The van der Waals surface area contributed by atoms with E-state index in [0.29, 0.717) is 6.61 Å². The summed E-state index contributed by atoms with van der Waals surface area (Å²) in [5.74, 6) is 1.73. The van der Waals surface area contributed by atoms with Gasteiger partial charge in [-0.05, 0) is 66.2 Å². The Bertz CT molecular complexity index is 824. The van der Waals surface area contributed by atoms with E-state index >= 15 is 0 Å². The summed E-state index contributed by atoms with van der Waals surface area (Å²) in [5, 5.41) is 0. The van der Waals surface area contributed by atoms with Crippen molar-refractivity contribution in [3.8, 4) is 11.1 Å². The fourth-order valence-corrected chi connectivity index (χ4v) is 5.99. The van der Waals surface area contributed by atoms with E-state index in [-0.39, 0.29) is 12.2 Å². The molecule has 2 aromatic rings. The molecule has 2 aromatic carbocycles. The van der Waals surface area contributed by atoms with Gasteiger partial charge >= 0.3 is 0 Å². The highest BCUT2D eigenvalue weighted by Gasteiger charge is 2.24. The van der Waals surface area contributed by atoms with Crippen LogP contribution in [0.4, 0.5) is 0 Å². The van der Waals surface area contributed by atoms with Crippen molar-refractivity contribution in [1.82, 2.24) is 0 Å². The lowest BCUT2D eigenvalue weighted by Gasteiger charge is -2.30. The van der Waals surface area contributed by atoms with Crippen LogP contribution in [0.25, 0.3) is 11.1 Å². The molecule has 192 valence electrons. The van der Waals surface area contributed by atoms with Crippen LogP contribution in [0.2, 0.25) is 0 Å². The highest BCUT2D eigenvalue weighted by Crippen LogP contribution is 2.38. The second kappa shape index (κ2) is 14.2. The van der Waals surface area contributed by atoms with E-state index in [4.69, 9.17) is 9.47 Å². The van der Waals surface area contributed by atoms with Crippen molar-refractivity contribution in [3.05, 3.63) is 59.7 Å². The molecule has 2 nitrogen and oxygen atoms in total. The van der Waals surface area contributed by atoms with Gasteiger partial charge in [-0.1, -0.05) is 114 Å². The topological polar surface area (TPSA) is 18.5 Å². The second-order valence-corrected chi connectivity index (χ2v) is 11.1. The van der Waals surface area contributed by atoms with Gasteiger partial charge < -0.3 is 9.47 Å². The average Bonchev–Trinajstić information content (AvgIpc) is 2.93. The average molecular weight is 477 g/mol. The maximum atomic E-state index is 6.19. The Morgan fingerprint density at radius 1 is 0.600 bits per heavy atom. The van der Waals surface area contributed by atoms with Crippen molar-refractivity contribution in [2.45, 2.75) is 115 Å². The molecule has 0 unspecified atom stereocenters. The van der Waals surface area contributed by atoms with E-state index in [1.54, 1.807) is 0 Å². The molecular weight excluding hydrogens is 428 g/mol.